The second-order valence-electron chi connectivity index (χ2n) is 4.40. The van der Waals surface area contributed by atoms with Crippen LogP contribution in [-0.2, 0) is 0 Å². The molecule has 5 heteroatoms. The second-order valence-corrected chi connectivity index (χ2v) is 6.20. The van der Waals surface area contributed by atoms with Gasteiger partial charge in [0.2, 0.25) is 5.28 Å². The third kappa shape index (κ3) is 3.00. The number of anilines is 1. The zero-order chi connectivity index (χ0) is 13.3. The van der Waals surface area contributed by atoms with Gasteiger partial charge in [0, 0.05) is 21.5 Å². The van der Waals surface area contributed by atoms with Gasteiger partial charge in [0.15, 0.2) is 0 Å². The van der Waals surface area contributed by atoms with E-state index in [1.807, 2.05) is 24.3 Å². The third-order valence-electron chi connectivity index (χ3n) is 2.74. The average molecular weight is 282 g/mol. The van der Waals surface area contributed by atoms with Gasteiger partial charge < -0.3 is 5.32 Å². The summed E-state index contributed by atoms with van der Waals surface area (Å²) in [4.78, 5) is 10.9. The van der Waals surface area contributed by atoms with Crippen molar-refractivity contribution >= 4 is 28.8 Å². The molecule has 2 rings (SSSR count). The molecule has 18 heavy (non-hydrogen) atoms. The summed E-state index contributed by atoms with van der Waals surface area (Å²) < 4.78 is 0. The van der Waals surface area contributed by atoms with E-state index in [1.54, 1.807) is 0 Å². The number of hydrogen-bond donors (Lipinski definition) is 1. The summed E-state index contributed by atoms with van der Waals surface area (Å²) >= 11 is 7.67. The van der Waals surface area contributed by atoms with Crippen molar-refractivity contribution in [1.82, 2.24) is 9.97 Å². The van der Waals surface area contributed by atoms with Gasteiger partial charge in [-0.25, -0.2) is 9.97 Å². The molecule has 0 saturated carbocycles. The SMILES string of the molecule is Cc1cc(NC(C)c2cc(C)sc2C)nc(Cl)n1. The Bertz CT molecular complexity index is 545. The number of thiophene rings is 1. The van der Waals surface area contributed by atoms with Gasteiger partial charge in [0.1, 0.15) is 5.82 Å². The van der Waals surface area contributed by atoms with Crippen molar-refractivity contribution in [1.29, 1.82) is 0 Å². The van der Waals surface area contributed by atoms with Crippen molar-refractivity contribution in [2.24, 2.45) is 0 Å². The lowest BCUT2D eigenvalue weighted by Gasteiger charge is -2.14. The van der Waals surface area contributed by atoms with Crippen LogP contribution in [0.15, 0.2) is 12.1 Å². The van der Waals surface area contributed by atoms with Crippen molar-refractivity contribution in [2.45, 2.75) is 33.7 Å². The van der Waals surface area contributed by atoms with Crippen LogP contribution in [-0.4, -0.2) is 9.97 Å². The Morgan fingerprint density at radius 2 is 1.94 bits per heavy atom. The Balaban J connectivity index is 2.20. The molecule has 96 valence electrons. The lowest BCUT2D eigenvalue weighted by atomic mass is 10.1. The van der Waals surface area contributed by atoms with E-state index in [0.717, 1.165) is 11.5 Å². The number of aromatic nitrogens is 2. The van der Waals surface area contributed by atoms with Crippen LogP contribution in [0.4, 0.5) is 5.82 Å². The lowest BCUT2D eigenvalue weighted by Crippen LogP contribution is -2.08. The summed E-state index contributed by atoms with van der Waals surface area (Å²) in [6.07, 6.45) is 0. The van der Waals surface area contributed by atoms with E-state index in [-0.39, 0.29) is 11.3 Å². The number of nitrogens with one attached hydrogen (secondary N) is 1. The summed E-state index contributed by atoms with van der Waals surface area (Å²) in [6.45, 7) is 8.30. The Morgan fingerprint density at radius 3 is 2.50 bits per heavy atom. The van der Waals surface area contributed by atoms with E-state index in [4.69, 9.17) is 11.6 Å². The smallest absolute Gasteiger partial charge is 0.224 e. The molecule has 0 saturated heterocycles. The van der Waals surface area contributed by atoms with Crippen molar-refractivity contribution in [3.05, 3.63) is 38.4 Å². The molecule has 0 fully saturated rings. The molecular formula is C13H16ClN3S. The first kappa shape index (κ1) is 13.3. The first-order chi connectivity index (χ1) is 8.45. The minimum Gasteiger partial charge on any atom is -0.363 e. The highest BCUT2D eigenvalue weighted by molar-refractivity contribution is 7.12. The zero-order valence-electron chi connectivity index (χ0n) is 10.9. The topological polar surface area (TPSA) is 37.8 Å². The van der Waals surface area contributed by atoms with E-state index < -0.39 is 0 Å². The number of rotatable bonds is 3. The van der Waals surface area contributed by atoms with Gasteiger partial charge in [-0.15, -0.1) is 11.3 Å². The maximum absolute atomic E-state index is 5.85. The Morgan fingerprint density at radius 1 is 1.22 bits per heavy atom. The number of hydrogen-bond acceptors (Lipinski definition) is 4. The summed E-state index contributed by atoms with van der Waals surface area (Å²) in [5.74, 6) is 0.767. The highest BCUT2D eigenvalue weighted by Gasteiger charge is 2.12. The monoisotopic (exact) mass is 281 g/mol. The van der Waals surface area contributed by atoms with Gasteiger partial charge in [0.05, 0.1) is 6.04 Å². The molecule has 2 heterocycles. The predicted molar refractivity (Wildman–Crippen MR) is 77.6 cm³/mol. The quantitative estimate of drug-likeness (QED) is 0.853. The molecule has 0 radical (unpaired) electrons. The first-order valence-electron chi connectivity index (χ1n) is 5.80. The molecule has 1 N–H and O–H groups in total. The highest BCUT2D eigenvalue weighted by Crippen LogP contribution is 2.28. The number of nitrogens with zero attached hydrogens (tertiary/aromatic N) is 2. The van der Waals surface area contributed by atoms with Crippen molar-refractivity contribution in [2.75, 3.05) is 5.32 Å². The first-order valence-corrected chi connectivity index (χ1v) is 7.00. The third-order valence-corrected chi connectivity index (χ3v) is 3.89. The lowest BCUT2D eigenvalue weighted by molar-refractivity contribution is 0.867. The molecule has 3 nitrogen and oxygen atoms in total. The standard InChI is InChI=1S/C13H16ClN3S/c1-7-5-12(17-13(14)15-7)16-9(3)11-6-8(2)18-10(11)4/h5-6,9H,1-4H3,(H,15,16,17). The fourth-order valence-electron chi connectivity index (χ4n) is 1.99. The molecule has 2 aromatic rings. The van der Waals surface area contributed by atoms with E-state index in [0.29, 0.717) is 0 Å². The van der Waals surface area contributed by atoms with E-state index in [1.165, 1.54) is 15.3 Å². The van der Waals surface area contributed by atoms with Crippen LogP contribution in [0.2, 0.25) is 5.28 Å². The molecule has 0 spiro atoms. The van der Waals surface area contributed by atoms with Crippen LogP contribution >= 0.6 is 22.9 Å². The van der Waals surface area contributed by atoms with Crippen LogP contribution in [0.1, 0.15) is 34.0 Å². The van der Waals surface area contributed by atoms with E-state index in [2.05, 4.69) is 42.1 Å². The highest BCUT2D eigenvalue weighted by atomic mass is 35.5. The number of halogens is 1. The van der Waals surface area contributed by atoms with Crippen LogP contribution in [0.25, 0.3) is 0 Å². The van der Waals surface area contributed by atoms with Gasteiger partial charge in [-0.2, -0.15) is 0 Å². The van der Waals surface area contributed by atoms with Gasteiger partial charge in [0.25, 0.3) is 0 Å². The van der Waals surface area contributed by atoms with Crippen LogP contribution in [0, 0.1) is 20.8 Å². The summed E-state index contributed by atoms with van der Waals surface area (Å²) in [5, 5.41) is 3.65. The minimum absolute atomic E-state index is 0.209. The van der Waals surface area contributed by atoms with Crippen molar-refractivity contribution in [3.63, 3.8) is 0 Å². The second kappa shape index (κ2) is 5.24. The zero-order valence-corrected chi connectivity index (χ0v) is 12.5. The maximum Gasteiger partial charge on any atom is 0.224 e. The molecule has 0 aromatic carbocycles. The van der Waals surface area contributed by atoms with Crippen LogP contribution in [0.3, 0.4) is 0 Å². The molecule has 0 aliphatic rings. The van der Waals surface area contributed by atoms with Gasteiger partial charge >= 0.3 is 0 Å². The largest absolute Gasteiger partial charge is 0.363 e. The van der Waals surface area contributed by atoms with Crippen molar-refractivity contribution < 1.29 is 0 Å². The summed E-state index contributed by atoms with van der Waals surface area (Å²) in [5.41, 5.74) is 2.17. The Hall–Kier alpha value is -1.13. The number of aryl methyl sites for hydroxylation is 3. The molecule has 0 amide bonds. The normalized spacial score (nSPS) is 12.5. The molecule has 1 unspecified atom stereocenters. The van der Waals surface area contributed by atoms with Crippen LogP contribution in [0.5, 0.6) is 0 Å². The van der Waals surface area contributed by atoms with E-state index >= 15 is 0 Å². The molecule has 1 atom stereocenters. The Labute approximate surface area is 116 Å². The summed E-state index contributed by atoms with van der Waals surface area (Å²) in [6, 6.07) is 4.32. The fourth-order valence-corrected chi connectivity index (χ4v) is 3.23. The summed E-state index contributed by atoms with van der Waals surface area (Å²) in [7, 11) is 0. The van der Waals surface area contributed by atoms with Crippen molar-refractivity contribution in [3.8, 4) is 0 Å². The molecule has 0 aliphatic heterocycles. The van der Waals surface area contributed by atoms with Gasteiger partial charge in [-0.05, 0) is 50.9 Å². The minimum atomic E-state index is 0.209. The van der Waals surface area contributed by atoms with E-state index in [9.17, 15) is 0 Å². The van der Waals surface area contributed by atoms with Gasteiger partial charge in [-0.3, -0.25) is 0 Å². The fraction of sp³-hybridized carbons (Fsp3) is 0.385. The molecule has 0 bridgehead atoms. The maximum atomic E-state index is 5.85. The average Bonchev–Trinajstić information content (AvgIpc) is 2.56. The molecule has 0 aliphatic carbocycles. The Kier molecular flexibility index (Phi) is 3.88. The van der Waals surface area contributed by atoms with Gasteiger partial charge in [-0.1, -0.05) is 0 Å². The molecule has 2 aromatic heterocycles. The predicted octanol–water partition coefficient (Wildman–Crippen LogP) is 4.29. The molecular weight excluding hydrogens is 266 g/mol. The van der Waals surface area contributed by atoms with Crippen LogP contribution < -0.4 is 5.32 Å².